The molecule has 2 unspecified atom stereocenters. The molecule has 2 bridgehead atoms. The van der Waals surface area contributed by atoms with Gasteiger partial charge in [-0.25, -0.2) is 0 Å². The van der Waals surface area contributed by atoms with Gasteiger partial charge in [-0.05, 0) is 43.9 Å². The fourth-order valence-corrected chi connectivity index (χ4v) is 3.89. The molecule has 0 aromatic heterocycles. The summed E-state index contributed by atoms with van der Waals surface area (Å²) >= 11 is 0. The van der Waals surface area contributed by atoms with Crippen molar-refractivity contribution in [1.29, 1.82) is 0 Å². The van der Waals surface area contributed by atoms with Crippen molar-refractivity contribution in [3.05, 3.63) is 0 Å². The number of hydrogen-bond acceptors (Lipinski definition) is 1. The Morgan fingerprint density at radius 1 is 0.917 bits per heavy atom. The monoisotopic (exact) mass is 165 g/mol. The maximum Gasteiger partial charge on any atom is 0.00755 e. The fraction of sp³-hybridized carbons (Fsp3) is 1.00. The Labute approximate surface area is 74.9 Å². The third-order valence-corrected chi connectivity index (χ3v) is 4.36. The van der Waals surface area contributed by atoms with E-state index >= 15 is 0 Å². The molecule has 68 valence electrons. The summed E-state index contributed by atoms with van der Waals surface area (Å²) < 4.78 is 0. The molecule has 0 aromatic carbocycles. The Morgan fingerprint density at radius 3 is 2.08 bits per heavy atom. The molecule has 12 heavy (non-hydrogen) atoms. The standard InChI is InChI=1S/C11H19N/c1-2-6-11(5-1)7-9-3-4-10(8-11)12-9/h9-10,12H,1-8H2. The number of rotatable bonds is 0. The average Bonchev–Trinajstić information content (AvgIpc) is 2.60. The van der Waals surface area contributed by atoms with Crippen LogP contribution in [0.1, 0.15) is 51.4 Å². The smallest absolute Gasteiger partial charge is 0.00755 e. The largest absolute Gasteiger partial charge is 0.311 e. The van der Waals surface area contributed by atoms with Crippen LogP contribution in [0.15, 0.2) is 0 Å². The molecule has 3 rings (SSSR count). The van der Waals surface area contributed by atoms with E-state index in [9.17, 15) is 0 Å². The first-order valence-electron chi connectivity index (χ1n) is 5.62. The van der Waals surface area contributed by atoms with Crippen LogP contribution in [0, 0.1) is 5.41 Å². The van der Waals surface area contributed by atoms with Gasteiger partial charge in [0.1, 0.15) is 0 Å². The predicted octanol–water partition coefficient (Wildman–Crippen LogP) is 2.46. The highest BCUT2D eigenvalue weighted by Gasteiger charge is 2.44. The number of hydrogen-bond donors (Lipinski definition) is 1. The molecular weight excluding hydrogens is 146 g/mol. The lowest BCUT2D eigenvalue weighted by molar-refractivity contribution is 0.166. The second-order valence-corrected chi connectivity index (χ2v) is 5.25. The van der Waals surface area contributed by atoms with Crippen LogP contribution in [-0.2, 0) is 0 Å². The first-order valence-corrected chi connectivity index (χ1v) is 5.62. The van der Waals surface area contributed by atoms with E-state index in [0.717, 1.165) is 17.5 Å². The van der Waals surface area contributed by atoms with Crippen LogP contribution in [0.4, 0.5) is 0 Å². The van der Waals surface area contributed by atoms with Gasteiger partial charge in [0.15, 0.2) is 0 Å². The summed E-state index contributed by atoms with van der Waals surface area (Å²) in [5.74, 6) is 0. The van der Waals surface area contributed by atoms with Crippen molar-refractivity contribution in [2.45, 2.75) is 63.5 Å². The second kappa shape index (κ2) is 2.47. The molecule has 1 N–H and O–H groups in total. The molecule has 0 amide bonds. The van der Waals surface area contributed by atoms with E-state index in [0.29, 0.717) is 0 Å². The predicted molar refractivity (Wildman–Crippen MR) is 50.1 cm³/mol. The zero-order valence-corrected chi connectivity index (χ0v) is 7.81. The van der Waals surface area contributed by atoms with Crippen LogP contribution >= 0.6 is 0 Å². The van der Waals surface area contributed by atoms with E-state index < -0.39 is 0 Å². The maximum atomic E-state index is 3.74. The summed E-state index contributed by atoms with van der Waals surface area (Å²) in [5, 5.41) is 3.74. The molecule has 1 heteroatoms. The molecule has 2 saturated heterocycles. The van der Waals surface area contributed by atoms with Gasteiger partial charge in [-0.2, -0.15) is 0 Å². The highest BCUT2D eigenvalue weighted by atomic mass is 15.0. The van der Waals surface area contributed by atoms with E-state index in [1.807, 2.05) is 0 Å². The zero-order valence-electron chi connectivity index (χ0n) is 7.81. The Bertz CT molecular complexity index is 167. The van der Waals surface area contributed by atoms with Gasteiger partial charge in [0, 0.05) is 12.1 Å². The summed E-state index contributed by atoms with van der Waals surface area (Å²) in [6.45, 7) is 0. The van der Waals surface area contributed by atoms with Gasteiger partial charge in [-0.1, -0.05) is 12.8 Å². The summed E-state index contributed by atoms with van der Waals surface area (Å²) in [6.07, 6.45) is 12.0. The summed E-state index contributed by atoms with van der Waals surface area (Å²) in [7, 11) is 0. The molecule has 3 fully saturated rings. The van der Waals surface area contributed by atoms with E-state index in [1.54, 1.807) is 12.8 Å². The lowest BCUT2D eigenvalue weighted by atomic mass is 9.74. The fourth-order valence-electron chi connectivity index (χ4n) is 3.89. The lowest BCUT2D eigenvalue weighted by Gasteiger charge is -2.38. The highest BCUT2D eigenvalue weighted by molar-refractivity contribution is 5.00. The number of piperidine rings is 1. The first kappa shape index (κ1) is 7.37. The van der Waals surface area contributed by atoms with Gasteiger partial charge >= 0.3 is 0 Å². The highest BCUT2D eigenvalue weighted by Crippen LogP contribution is 2.50. The van der Waals surface area contributed by atoms with Crippen molar-refractivity contribution in [2.75, 3.05) is 0 Å². The van der Waals surface area contributed by atoms with E-state index in [4.69, 9.17) is 0 Å². The van der Waals surface area contributed by atoms with E-state index in [2.05, 4.69) is 5.32 Å². The van der Waals surface area contributed by atoms with Gasteiger partial charge in [0.2, 0.25) is 0 Å². The molecule has 1 aliphatic carbocycles. The second-order valence-electron chi connectivity index (χ2n) is 5.25. The van der Waals surface area contributed by atoms with Gasteiger partial charge in [0.25, 0.3) is 0 Å². The molecule has 3 aliphatic rings. The minimum absolute atomic E-state index is 0.817. The minimum atomic E-state index is 0.817. The quantitative estimate of drug-likeness (QED) is 0.581. The molecule has 2 aliphatic heterocycles. The third-order valence-electron chi connectivity index (χ3n) is 4.36. The average molecular weight is 165 g/mol. The van der Waals surface area contributed by atoms with Gasteiger partial charge < -0.3 is 5.32 Å². The van der Waals surface area contributed by atoms with Gasteiger partial charge in [-0.3, -0.25) is 0 Å². The Kier molecular flexibility index (Phi) is 1.52. The van der Waals surface area contributed by atoms with Crippen LogP contribution < -0.4 is 5.32 Å². The first-order chi connectivity index (χ1) is 5.86. The summed E-state index contributed by atoms with van der Waals surface area (Å²) in [6, 6.07) is 1.81. The van der Waals surface area contributed by atoms with Crippen molar-refractivity contribution < 1.29 is 0 Å². The molecule has 2 heterocycles. The van der Waals surface area contributed by atoms with Crippen molar-refractivity contribution >= 4 is 0 Å². The molecule has 2 atom stereocenters. The molecule has 1 spiro atoms. The molecule has 1 saturated carbocycles. The number of nitrogens with one attached hydrogen (secondary N) is 1. The molecule has 0 aromatic rings. The summed E-state index contributed by atoms with van der Waals surface area (Å²) in [4.78, 5) is 0. The Morgan fingerprint density at radius 2 is 1.50 bits per heavy atom. The SMILES string of the molecule is C1CCC2(C1)CC1CCC(C2)N1. The van der Waals surface area contributed by atoms with Gasteiger partial charge in [0.05, 0.1) is 0 Å². The summed E-state index contributed by atoms with van der Waals surface area (Å²) in [5.41, 5.74) is 0.817. The van der Waals surface area contributed by atoms with Gasteiger partial charge in [-0.15, -0.1) is 0 Å². The van der Waals surface area contributed by atoms with Crippen LogP contribution in [0.3, 0.4) is 0 Å². The van der Waals surface area contributed by atoms with E-state index in [-0.39, 0.29) is 0 Å². The maximum absolute atomic E-state index is 3.74. The zero-order chi connectivity index (χ0) is 8.02. The van der Waals surface area contributed by atoms with Crippen molar-refractivity contribution in [2.24, 2.45) is 5.41 Å². The minimum Gasteiger partial charge on any atom is -0.311 e. The molecule has 0 radical (unpaired) electrons. The molecular formula is C11H19N. The van der Waals surface area contributed by atoms with Crippen LogP contribution in [-0.4, -0.2) is 12.1 Å². The lowest BCUT2D eigenvalue weighted by Crippen LogP contribution is -2.43. The van der Waals surface area contributed by atoms with Crippen LogP contribution in [0.5, 0.6) is 0 Å². The van der Waals surface area contributed by atoms with Crippen molar-refractivity contribution in [1.82, 2.24) is 5.32 Å². The van der Waals surface area contributed by atoms with Crippen molar-refractivity contribution in [3.63, 3.8) is 0 Å². The Balaban J connectivity index is 1.80. The molecule has 1 nitrogen and oxygen atoms in total. The topological polar surface area (TPSA) is 12.0 Å². The van der Waals surface area contributed by atoms with Crippen LogP contribution in [0.25, 0.3) is 0 Å². The normalized spacial score (nSPS) is 44.0. The van der Waals surface area contributed by atoms with Crippen molar-refractivity contribution in [3.8, 4) is 0 Å². The third kappa shape index (κ3) is 1.02. The number of fused-ring (bicyclic) bond motifs is 2. The van der Waals surface area contributed by atoms with Crippen LogP contribution in [0.2, 0.25) is 0 Å². The Hall–Kier alpha value is -0.0400. The van der Waals surface area contributed by atoms with E-state index in [1.165, 1.54) is 38.5 Å².